The summed E-state index contributed by atoms with van der Waals surface area (Å²) in [6.07, 6.45) is 1.91. The number of nitrogens with one attached hydrogen (secondary N) is 1. The molecule has 0 bridgehead atoms. The minimum atomic E-state index is -0.417. The van der Waals surface area contributed by atoms with Crippen molar-refractivity contribution in [3.05, 3.63) is 107 Å². The number of hydrogen-bond acceptors (Lipinski definition) is 4. The molecule has 36 heavy (non-hydrogen) atoms. The number of carbonyl (C=O) groups is 1. The minimum Gasteiger partial charge on any atom is -0.334 e. The van der Waals surface area contributed by atoms with Crippen molar-refractivity contribution in [2.24, 2.45) is 0 Å². The van der Waals surface area contributed by atoms with E-state index in [1.807, 2.05) is 74.5 Å². The Morgan fingerprint density at radius 2 is 1.47 bits per heavy atom. The lowest BCUT2D eigenvalue weighted by Gasteiger charge is -2.35. The molecule has 2 amide bonds. The number of carbonyl (C=O) groups excluding carboxylic acids is 1. The van der Waals surface area contributed by atoms with Crippen LogP contribution in [-0.4, -0.2) is 16.2 Å². The van der Waals surface area contributed by atoms with E-state index in [4.69, 9.17) is 9.51 Å². The van der Waals surface area contributed by atoms with Crippen LogP contribution >= 0.6 is 0 Å². The van der Waals surface area contributed by atoms with Crippen molar-refractivity contribution in [2.45, 2.75) is 46.6 Å². The van der Waals surface area contributed by atoms with E-state index in [-0.39, 0.29) is 6.03 Å². The summed E-state index contributed by atoms with van der Waals surface area (Å²) < 4.78 is 5.82. The van der Waals surface area contributed by atoms with Gasteiger partial charge in [0.2, 0.25) is 5.82 Å². The fraction of sp³-hybridized carbons (Fsp3) is 0.233. The molecule has 2 heterocycles. The first kappa shape index (κ1) is 23.5. The van der Waals surface area contributed by atoms with Crippen molar-refractivity contribution in [2.75, 3.05) is 4.90 Å². The van der Waals surface area contributed by atoms with Crippen LogP contribution in [0.15, 0.2) is 83.0 Å². The van der Waals surface area contributed by atoms with Crippen LogP contribution in [0.1, 0.15) is 55.0 Å². The van der Waals surface area contributed by atoms with Gasteiger partial charge < -0.3 is 9.84 Å². The lowest BCUT2D eigenvalue weighted by molar-refractivity contribution is 0.244. The Morgan fingerprint density at radius 1 is 0.861 bits per heavy atom. The molecule has 0 saturated carbocycles. The third-order valence-corrected chi connectivity index (χ3v) is 6.78. The molecule has 1 atom stereocenters. The molecule has 0 fully saturated rings. The molecule has 1 N–H and O–H groups in total. The van der Waals surface area contributed by atoms with Gasteiger partial charge >= 0.3 is 6.03 Å². The van der Waals surface area contributed by atoms with E-state index in [1.54, 1.807) is 4.90 Å². The van der Waals surface area contributed by atoms with E-state index in [0.29, 0.717) is 11.7 Å². The van der Waals surface area contributed by atoms with Gasteiger partial charge in [-0.05, 0) is 55.5 Å². The molecule has 0 spiro atoms. The summed E-state index contributed by atoms with van der Waals surface area (Å²) in [6, 6.07) is 23.7. The fourth-order valence-corrected chi connectivity index (χ4v) is 4.56. The van der Waals surface area contributed by atoms with Crippen LogP contribution in [0.25, 0.3) is 17.0 Å². The summed E-state index contributed by atoms with van der Waals surface area (Å²) in [5, 5.41) is 7.46. The zero-order valence-electron chi connectivity index (χ0n) is 21.1. The molecule has 0 saturated heterocycles. The largest absolute Gasteiger partial charge is 0.334 e. The molecule has 3 aromatic carbocycles. The highest BCUT2D eigenvalue weighted by molar-refractivity contribution is 6.01. The number of aryl methyl sites for hydroxylation is 3. The van der Waals surface area contributed by atoms with Gasteiger partial charge in [0, 0.05) is 11.3 Å². The Labute approximate surface area is 211 Å². The maximum absolute atomic E-state index is 13.4. The standard InChI is InChI=1S/C30H30N4O2/c1-5-21-9-15-24(16-10-21)28-32-29(36-33-28)26-20(4)34(25-17-11-22(6-2)12-18-25)30(35)31-27(26)23-13-7-19(3)8-14-23/h7-18,27H,5-6H2,1-4H3,(H,31,35). The highest BCUT2D eigenvalue weighted by atomic mass is 16.5. The highest BCUT2D eigenvalue weighted by Crippen LogP contribution is 2.39. The quantitative estimate of drug-likeness (QED) is 0.328. The van der Waals surface area contributed by atoms with Gasteiger partial charge in [-0.3, -0.25) is 4.90 Å². The average molecular weight is 479 g/mol. The highest BCUT2D eigenvalue weighted by Gasteiger charge is 2.36. The maximum atomic E-state index is 13.4. The third kappa shape index (κ3) is 4.42. The van der Waals surface area contributed by atoms with Gasteiger partial charge in [0.15, 0.2) is 0 Å². The first-order valence-corrected chi connectivity index (χ1v) is 12.4. The van der Waals surface area contributed by atoms with Gasteiger partial charge in [-0.2, -0.15) is 4.98 Å². The van der Waals surface area contributed by atoms with Crippen LogP contribution in [0.5, 0.6) is 0 Å². The number of benzene rings is 3. The summed E-state index contributed by atoms with van der Waals surface area (Å²) in [4.78, 5) is 19.8. The lowest BCUT2D eigenvalue weighted by atomic mass is 9.94. The number of rotatable bonds is 6. The normalized spacial score (nSPS) is 15.8. The number of aromatic nitrogens is 2. The number of nitrogens with zero attached hydrogens (tertiary/aromatic N) is 3. The van der Waals surface area contributed by atoms with Crippen LogP contribution in [0.2, 0.25) is 0 Å². The van der Waals surface area contributed by atoms with Crippen molar-refractivity contribution in [1.29, 1.82) is 0 Å². The number of amides is 2. The molecule has 1 aliphatic heterocycles. The molecule has 0 aliphatic carbocycles. The van der Waals surface area contributed by atoms with E-state index in [0.717, 1.165) is 46.5 Å². The molecule has 5 rings (SSSR count). The zero-order valence-corrected chi connectivity index (χ0v) is 21.1. The van der Waals surface area contributed by atoms with Gasteiger partial charge in [-0.1, -0.05) is 85.2 Å². The Morgan fingerprint density at radius 3 is 2.08 bits per heavy atom. The molecule has 4 aromatic rings. The molecule has 6 nitrogen and oxygen atoms in total. The molecule has 1 unspecified atom stereocenters. The average Bonchev–Trinajstić information content (AvgIpc) is 3.39. The van der Waals surface area contributed by atoms with E-state index in [1.165, 1.54) is 11.1 Å². The zero-order chi connectivity index (χ0) is 25.2. The monoisotopic (exact) mass is 478 g/mol. The topological polar surface area (TPSA) is 71.3 Å². The van der Waals surface area contributed by atoms with Crippen molar-refractivity contribution < 1.29 is 9.32 Å². The first-order valence-electron chi connectivity index (χ1n) is 12.4. The fourth-order valence-electron chi connectivity index (χ4n) is 4.56. The predicted molar refractivity (Wildman–Crippen MR) is 142 cm³/mol. The SMILES string of the molecule is CCc1ccc(-c2noc(C3=C(C)N(c4ccc(CC)cc4)C(=O)NC3c3ccc(C)cc3)n2)cc1. The van der Waals surface area contributed by atoms with Crippen LogP contribution in [-0.2, 0) is 12.8 Å². The van der Waals surface area contributed by atoms with Gasteiger partial charge in [0.05, 0.1) is 17.3 Å². The van der Waals surface area contributed by atoms with E-state index in [9.17, 15) is 4.79 Å². The van der Waals surface area contributed by atoms with Crippen LogP contribution in [0, 0.1) is 6.92 Å². The lowest BCUT2D eigenvalue weighted by Crippen LogP contribution is -2.46. The van der Waals surface area contributed by atoms with Crippen molar-refractivity contribution >= 4 is 17.3 Å². The van der Waals surface area contributed by atoms with Crippen LogP contribution in [0.3, 0.4) is 0 Å². The van der Waals surface area contributed by atoms with Crippen molar-refractivity contribution in [3.63, 3.8) is 0 Å². The second kappa shape index (κ2) is 9.82. The maximum Gasteiger partial charge on any atom is 0.326 e. The predicted octanol–water partition coefficient (Wildman–Crippen LogP) is 6.87. The number of hydrogen-bond donors (Lipinski definition) is 1. The summed E-state index contributed by atoms with van der Waals surface area (Å²) in [7, 11) is 0. The Kier molecular flexibility index (Phi) is 6.42. The summed E-state index contributed by atoms with van der Waals surface area (Å²) in [5.41, 5.74) is 7.78. The number of allylic oxidation sites excluding steroid dienone is 1. The van der Waals surface area contributed by atoms with Crippen molar-refractivity contribution in [3.8, 4) is 11.4 Å². The Balaban J connectivity index is 1.61. The first-order chi connectivity index (χ1) is 17.5. The minimum absolute atomic E-state index is 0.194. The van der Waals surface area contributed by atoms with Gasteiger partial charge in [-0.25, -0.2) is 4.79 Å². The molecular weight excluding hydrogens is 448 g/mol. The summed E-state index contributed by atoms with van der Waals surface area (Å²) >= 11 is 0. The van der Waals surface area contributed by atoms with Crippen LogP contribution < -0.4 is 10.2 Å². The van der Waals surface area contributed by atoms with Gasteiger partial charge in [0.25, 0.3) is 5.89 Å². The number of anilines is 1. The molecule has 6 heteroatoms. The second-order valence-corrected chi connectivity index (χ2v) is 9.12. The summed E-state index contributed by atoms with van der Waals surface area (Å²) in [6.45, 7) is 8.21. The number of urea groups is 1. The molecule has 1 aromatic heterocycles. The molecule has 0 radical (unpaired) electrons. The summed E-state index contributed by atoms with van der Waals surface area (Å²) in [5.74, 6) is 0.911. The Bertz CT molecular complexity index is 1400. The third-order valence-electron chi connectivity index (χ3n) is 6.78. The molecule has 182 valence electrons. The molecule has 1 aliphatic rings. The van der Waals surface area contributed by atoms with E-state index in [2.05, 4.69) is 36.5 Å². The second-order valence-electron chi connectivity index (χ2n) is 9.12. The Hall–Kier alpha value is -4.19. The van der Waals surface area contributed by atoms with Gasteiger partial charge in [-0.15, -0.1) is 0 Å². The van der Waals surface area contributed by atoms with E-state index < -0.39 is 6.04 Å². The van der Waals surface area contributed by atoms with Crippen LogP contribution in [0.4, 0.5) is 10.5 Å². The van der Waals surface area contributed by atoms with Crippen molar-refractivity contribution in [1.82, 2.24) is 15.5 Å². The van der Waals surface area contributed by atoms with Gasteiger partial charge in [0.1, 0.15) is 0 Å². The smallest absolute Gasteiger partial charge is 0.326 e. The molecular formula is C30H30N4O2. The van der Waals surface area contributed by atoms with E-state index >= 15 is 0 Å².